The molecule has 0 saturated carbocycles. The fourth-order valence-electron chi connectivity index (χ4n) is 2.86. The van der Waals surface area contributed by atoms with E-state index >= 15 is 0 Å². The zero-order valence-electron chi connectivity index (χ0n) is 15.0. The quantitative estimate of drug-likeness (QED) is 0.438. The number of rotatable bonds is 5. The first-order valence-electron chi connectivity index (χ1n) is 8.52. The van der Waals surface area contributed by atoms with E-state index in [0.29, 0.717) is 39.1 Å². The first-order valence-corrected chi connectivity index (χ1v) is 8.90. The van der Waals surface area contributed by atoms with Crippen LogP contribution in [-0.4, -0.2) is 27.1 Å². The van der Waals surface area contributed by atoms with Gasteiger partial charge in [0.2, 0.25) is 0 Å². The van der Waals surface area contributed by atoms with E-state index < -0.39 is 5.82 Å². The van der Waals surface area contributed by atoms with Gasteiger partial charge in [-0.1, -0.05) is 11.6 Å². The van der Waals surface area contributed by atoms with Gasteiger partial charge in [0.1, 0.15) is 17.9 Å². The number of hydrogen-bond acceptors (Lipinski definition) is 5. The van der Waals surface area contributed by atoms with Crippen molar-refractivity contribution in [3.63, 3.8) is 0 Å². The standard InChI is InChI=1S/C20H15ClFN3O3/c1-11(2)27-18-6-4-13(8-15(18)21)19-23-20(24-28-19)25-9-16(22)14-7-12(10-26)3-5-17(14)25/h3-11H,1-2H3. The van der Waals surface area contributed by atoms with Crippen LogP contribution in [0.15, 0.2) is 47.1 Å². The first-order chi connectivity index (χ1) is 13.5. The number of hydrogen-bond donors (Lipinski definition) is 0. The Balaban J connectivity index is 1.71. The van der Waals surface area contributed by atoms with Gasteiger partial charge in [0, 0.05) is 22.7 Å². The Morgan fingerprint density at radius 3 is 2.79 bits per heavy atom. The lowest BCUT2D eigenvalue weighted by atomic mass is 10.2. The number of aromatic nitrogens is 3. The minimum Gasteiger partial charge on any atom is -0.489 e. The van der Waals surface area contributed by atoms with Gasteiger partial charge in [-0.15, -0.1) is 0 Å². The van der Waals surface area contributed by atoms with Crippen molar-refractivity contribution in [2.75, 3.05) is 0 Å². The number of carbonyl (C=O) groups excluding carboxylic acids is 1. The normalized spacial score (nSPS) is 11.3. The lowest BCUT2D eigenvalue weighted by Crippen LogP contribution is -2.05. The van der Waals surface area contributed by atoms with E-state index in [-0.39, 0.29) is 17.9 Å². The second-order valence-corrected chi connectivity index (χ2v) is 6.86. The molecule has 0 spiro atoms. The van der Waals surface area contributed by atoms with Crippen molar-refractivity contribution < 1.29 is 18.4 Å². The minimum absolute atomic E-state index is 0.00462. The lowest BCUT2D eigenvalue weighted by molar-refractivity contribution is 0.112. The van der Waals surface area contributed by atoms with E-state index in [0.717, 1.165) is 0 Å². The predicted molar refractivity (Wildman–Crippen MR) is 103 cm³/mol. The molecule has 0 unspecified atom stereocenters. The third-order valence-corrected chi connectivity index (χ3v) is 4.38. The molecule has 0 amide bonds. The highest BCUT2D eigenvalue weighted by Crippen LogP contribution is 2.31. The Hall–Kier alpha value is -3.19. The summed E-state index contributed by atoms with van der Waals surface area (Å²) in [6, 6.07) is 9.86. The summed E-state index contributed by atoms with van der Waals surface area (Å²) in [6.07, 6.45) is 1.91. The Kier molecular flexibility index (Phi) is 4.60. The average Bonchev–Trinajstić information content (AvgIpc) is 3.28. The topological polar surface area (TPSA) is 70.2 Å². The van der Waals surface area contributed by atoms with Crippen molar-refractivity contribution in [3.05, 3.63) is 59.0 Å². The molecule has 0 N–H and O–H groups in total. The average molecular weight is 400 g/mol. The maximum Gasteiger partial charge on any atom is 0.275 e. The third kappa shape index (κ3) is 3.25. The van der Waals surface area contributed by atoms with E-state index in [4.69, 9.17) is 20.9 Å². The van der Waals surface area contributed by atoms with Crippen LogP contribution in [0.3, 0.4) is 0 Å². The molecule has 8 heteroatoms. The summed E-state index contributed by atoms with van der Waals surface area (Å²) >= 11 is 6.26. The van der Waals surface area contributed by atoms with Crippen LogP contribution in [0.4, 0.5) is 4.39 Å². The van der Waals surface area contributed by atoms with Gasteiger partial charge in [-0.2, -0.15) is 4.98 Å². The number of carbonyl (C=O) groups is 1. The second-order valence-electron chi connectivity index (χ2n) is 6.45. The van der Waals surface area contributed by atoms with E-state index in [9.17, 15) is 9.18 Å². The number of nitrogens with zero attached hydrogens (tertiary/aromatic N) is 3. The number of benzene rings is 2. The molecule has 0 bridgehead atoms. The SMILES string of the molecule is CC(C)Oc1ccc(-c2nc(-n3cc(F)c4cc(C=O)ccc43)no2)cc1Cl. The summed E-state index contributed by atoms with van der Waals surface area (Å²) < 4.78 is 26.7. The van der Waals surface area contributed by atoms with Gasteiger partial charge in [-0.05, 0) is 55.4 Å². The van der Waals surface area contributed by atoms with Crippen molar-refractivity contribution in [3.8, 4) is 23.2 Å². The van der Waals surface area contributed by atoms with Crippen LogP contribution >= 0.6 is 11.6 Å². The van der Waals surface area contributed by atoms with E-state index in [2.05, 4.69) is 10.1 Å². The molecule has 0 radical (unpaired) electrons. The predicted octanol–water partition coefficient (Wildman–Crippen LogP) is 5.07. The fourth-order valence-corrected chi connectivity index (χ4v) is 3.09. The van der Waals surface area contributed by atoms with Crippen LogP contribution in [0.2, 0.25) is 5.02 Å². The molecule has 2 aromatic heterocycles. The summed E-state index contributed by atoms with van der Waals surface area (Å²) in [7, 11) is 0. The van der Waals surface area contributed by atoms with E-state index in [1.54, 1.807) is 30.3 Å². The van der Waals surface area contributed by atoms with Crippen LogP contribution < -0.4 is 4.74 Å². The molecular weight excluding hydrogens is 385 g/mol. The van der Waals surface area contributed by atoms with E-state index in [1.165, 1.54) is 16.8 Å². The molecule has 0 fully saturated rings. The molecule has 0 aliphatic rings. The highest BCUT2D eigenvalue weighted by Gasteiger charge is 2.17. The smallest absolute Gasteiger partial charge is 0.275 e. The highest BCUT2D eigenvalue weighted by atomic mass is 35.5. The molecule has 0 aliphatic carbocycles. The molecular formula is C20H15ClFN3O3. The van der Waals surface area contributed by atoms with Crippen molar-refractivity contribution in [1.82, 2.24) is 14.7 Å². The summed E-state index contributed by atoms with van der Waals surface area (Å²) in [5.41, 5.74) is 1.52. The molecule has 2 aromatic carbocycles. The highest BCUT2D eigenvalue weighted by molar-refractivity contribution is 6.32. The molecule has 4 rings (SSSR count). The van der Waals surface area contributed by atoms with Crippen molar-refractivity contribution >= 4 is 28.8 Å². The van der Waals surface area contributed by atoms with Gasteiger partial charge in [0.25, 0.3) is 11.8 Å². The van der Waals surface area contributed by atoms with Gasteiger partial charge in [-0.3, -0.25) is 9.36 Å². The second kappa shape index (κ2) is 7.09. The molecule has 28 heavy (non-hydrogen) atoms. The number of halogens is 2. The molecule has 142 valence electrons. The van der Waals surface area contributed by atoms with Crippen molar-refractivity contribution in [2.24, 2.45) is 0 Å². The van der Waals surface area contributed by atoms with Crippen LogP contribution in [0.5, 0.6) is 5.75 Å². The van der Waals surface area contributed by atoms with Gasteiger partial charge in [0.15, 0.2) is 0 Å². The third-order valence-electron chi connectivity index (χ3n) is 4.09. The van der Waals surface area contributed by atoms with E-state index in [1.807, 2.05) is 13.8 Å². The lowest BCUT2D eigenvalue weighted by Gasteiger charge is -2.11. The largest absolute Gasteiger partial charge is 0.489 e. The number of fused-ring (bicyclic) bond motifs is 1. The summed E-state index contributed by atoms with van der Waals surface area (Å²) in [5.74, 6) is 0.481. The summed E-state index contributed by atoms with van der Waals surface area (Å²) in [4.78, 5) is 15.3. The number of ether oxygens (including phenoxy) is 1. The first kappa shape index (κ1) is 18.2. The summed E-state index contributed by atoms with van der Waals surface area (Å²) in [6.45, 7) is 3.82. The van der Waals surface area contributed by atoms with Crippen LogP contribution in [0, 0.1) is 5.82 Å². The Bertz CT molecular complexity index is 1180. The fraction of sp³-hybridized carbons (Fsp3) is 0.150. The van der Waals surface area contributed by atoms with Crippen LogP contribution in [-0.2, 0) is 0 Å². The molecule has 2 heterocycles. The Morgan fingerprint density at radius 1 is 1.25 bits per heavy atom. The number of aldehydes is 1. The van der Waals surface area contributed by atoms with Crippen molar-refractivity contribution in [1.29, 1.82) is 0 Å². The van der Waals surface area contributed by atoms with Crippen LogP contribution in [0.25, 0.3) is 28.3 Å². The molecule has 0 atom stereocenters. The summed E-state index contributed by atoms with van der Waals surface area (Å²) in [5, 5.41) is 4.66. The molecule has 6 nitrogen and oxygen atoms in total. The molecule has 0 aliphatic heterocycles. The molecule has 4 aromatic rings. The zero-order chi connectivity index (χ0) is 19.8. The van der Waals surface area contributed by atoms with Gasteiger partial charge in [0.05, 0.1) is 16.6 Å². The van der Waals surface area contributed by atoms with Crippen molar-refractivity contribution in [2.45, 2.75) is 20.0 Å². The Labute approximate surface area is 164 Å². The maximum atomic E-state index is 14.3. The van der Waals surface area contributed by atoms with Gasteiger partial charge < -0.3 is 9.26 Å². The van der Waals surface area contributed by atoms with Gasteiger partial charge in [-0.25, -0.2) is 4.39 Å². The minimum atomic E-state index is -0.483. The molecule has 0 saturated heterocycles. The Morgan fingerprint density at radius 2 is 2.07 bits per heavy atom. The van der Waals surface area contributed by atoms with Crippen LogP contribution in [0.1, 0.15) is 24.2 Å². The monoisotopic (exact) mass is 399 g/mol. The maximum absolute atomic E-state index is 14.3. The zero-order valence-corrected chi connectivity index (χ0v) is 15.8. The van der Waals surface area contributed by atoms with Gasteiger partial charge >= 0.3 is 0 Å².